The first-order valence-corrected chi connectivity index (χ1v) is 9.24. The molecule has 0 radical (unpaired) electrons. The fourth-order valence-electron chi connectivity index (χ4n) is 2.65. The van der Waals surface area contributed by atoms with Crippen LogP contribution in [0.5, 0.6) is 0 Å². The molecule has 4 heterocycles. The van der Waals surface area contributed by atoms with E-state index in [1.54, 1.807) is 24.2 Å². The number of pyridine rings is 1. The van der Waals surface area contributed by atoms with Crippen LogP contribution < -0.4 is 0 Å². The van der Waals surface area contributed by atoms with E-state index in [2.05, 4.69) is 30.3 Å². The van der Waals surface area contributed by atoms with Gasteiger partial charge in [0.05, 0.1) is 0 Å². The van der Waals surface area contributed by atoms with Crippen LogP contribution >= 0.6 is 11.8 Å². The summed E-state index contributed by atoms with van der Waals surface area (Å²) >= 11 is 1.65. The highest BCUT2D eigenvalue weighted by molar-refractivity contribution is 7.99. The molecule has 8 nitrogen and oxygen atoms in total. The Morgan fingerprint density at radius 3 is 2.96 bits per heavy atom. The lowest BCUT2D eigenvalue weighted by Gasteiger charge is -2.03. The number of hydrogen-bond donors (Lipinski definition) is 0. The Labute approximate surface area is 154 Å². The third-order valence-electron chi connectivity index (χ3n) is 3.82. The Morgan fingerprint density at radius 2 is 2.12 bits per heavy atom. The first-order chi connectivity index (χ1) is 12.7. The van der Waals surface area contributed by atoms with Gasteiger partial charge in [-0.3, -0.25) is 9.38 Å². The Hall–Kier alpha value is -2.81. The number of aryl methyl sites for hydroxylation is 3. The van der Waals surface area contributed by atoms with Gasteiger partial charge in [0.2, 0.25) is 11.7 Å². The number of fused-ring (bicyclic) bond motifs is 1. The van der Waals surface area contributed by atoms with Gasteiger partial charge in [0.15, 0.2) is 5.16 Å². The molecule has 4 aromatic rings. The van der Waals surface area contributed by atoms with E-state index in [4.69, 9.17) is 4.52 Å². The molecular weight excluding hydrogens is 350 g/mol. The van der Waals surface area contributed by atoms with E-state index in [0.29, 0.717) is 23.9 Å². The average molecular weight is 367 g/mol. The van der Waals surface area contributed by atoms with Gasteiger partial charge in [-0.25, -0.2) is 4.98 Å². The second-order valence-corrected chi connectivity index (χ2v) is 6.92. The van der Waals surface area contributed by atoms with Gasteiger partial charge in [-0.15, -0.1) is 10.2 Å². The molecule has 132 valence electrons. The molecule has 0 saturated heterocycles. The van der Waals surface area contributed by atoms with Crippen molar-refractivity contribution >= 4 is 17.5 Å². The zero-order valence-corrected chi connectivity index (χ0v) is 15.3. The van der Waals surface area contributed by atoms with E-state index in [0.717, 1.165) is 34.3 Å². The van der Waals surface area contributed by atoms with Gasteiger partial charge >= 0.3 is 0 Å². The van der Waals surface area contributed by atoms with Crippen LogP contribution in [0, 0.1) is 13.8 Å². The highest BCUT2D eigenvalue weighted by Crippen LogP contribution is 2.20. The smallest absolute Gasteiger partial charge is 0.256 e. The maximum atomic E-state index is 5.32. The molecule has 26 heavy (non-hydrogen) atoms. The van der Waals surface area contributed by atoms with Gasteiger partial charge in [-0.2, -0.15) is 4.98 Å². The summed E-state index contributed by atoms with van der Waals surface area (Å²) in [5.74, 6) is 2.71. The van der Waals surface area contributed by atoms with Crippen LogP contribution in [0.1, 0.15) is 23.7 Å². The average Bonchev–Trinajstić information content (AvgIpc) is 3.27. The summed E-state index contributed by atoms with van der Waals surface area (Å²) in [7, 11) is 0. The lowest BCUT2D eigenvalue weighted by Crippen LogP contribution is -1.98. The Morgan fingerprint density at radius 1 is 1.19 bits per heavy atom. The van der Waals surface area contributed by atoms with E-state index in [9.17, 15) is 0 Å². The van der Waals surface area contributed by atoms with Crippen molar-refractivity contribution in [3.63, 3.8) is 0 Å². The molecule has 0 aliphatic heterocycles. The summed E-state index contributed by atoms with van der Waals surface area (Å²) in [6.45, 7) is 3.99. The predicted octanol–water partition coefficient (Wildman–Crippen LogP) is 2.91. The van der Waals surface area contributed by atoms with Crippen LogP contribution in [0.15, 0.2) is 40.3 Å². The quantitative estimate of drug-likeness (QED) is 0.379. The fourth-order valence-corrected chi connectivity index (χ4v) is 3.57. The van der Waals surface area contributed by atoms with E-state index >= 15 is 0 Å². The van der Waals surface area contributed by atoms with Crippen molar-refractivity contribution in [3.8, 4) is 11.4 Å². The summed E-state index contributed by atoms with van der Waals surface area (Å²) in [6.07, 6.45) is 5.05. The number of rotatable bonds is 6. The minimum atomic E-state index is 0.571. The monoisotopic (exact) mass is 367 g/mol. The number of hydrogen-bond acceptors (Lipinski definition) is 8. The zero-order chi connectivity index (χ0) is 17.9. The van der Waals surface area contributed by atoms with Crippen molar-refractivity contribution in [2.75, 3.05) is 5.75 Å². The molecule has 0 spiro atoms. The highest BCUT2D eigenvalue weighted by Gasteiger charge is 2.11. The largest absolute Gasteiger partial charge is 0.339 e. The van der Waals surface area contributed by atoms with Crippen LogP contribution in [0.3, 0.4) is 0 Å². The Balaban J connectivity index is 1.36. The lowest BCUT2D eigenvalue weighted by atomic mass is 10.3. The maximum Gasteiger partial charge on any atom is 0.256 e. The minimum Gasteiger partial charge on any atom is -0.339 e. The molecule has 4 rings (SSSR count). The molecular formula is C17H17N7OS. The SMILES string of the molecule is Cc1cc(C)n2c(SCCCc3nc(-c4cccnc4)no3)nnc2n1. The van der Waals surface area contributed by atoms with E-state index in [-0.39, 0.29) is 0 Å². The normalized spacial score (nSPS) is 11.3. The molecule has 0 unspecified atom stereocenters. The standard InChI is InChI=1S/C17H17N7OS/c1-11-9-12(2)24-16(19-11)21-22-17(24)26-8-4-6-14-20-15(23-25-14)13-5-3-7-18-10-13/h3,5,7,9-10H,4,6,8H2,1-2H3. The molecule has 4 aromatic heterocycles. The van der Waals surface area contributed by atoms with Crippen molar-refractivity contribution in [2.24, 2.45) is 0 Å². The van der Waals surface area contributed by atoms with Crippen molar-refractivity contribution < 1.29 is 4.52 Å². The molecule has 0 aromatic carbocycles. The van der Waals surface area contributed by atoms with E-state index in [1.165, 1.54) is 0 Å². The van der Waals surface area contributed by atoms with Crippen LogP contribution in [-0.2, 0) is 6.42 Å². The summed E-state index contributed by atoms with van der Waals surface area (Å²) in [5, 5.41) is 13.3. The molecule has 0 saturated carbocycles. The molecule has 0 bridgehead atoms. The Bertz CT molecular complexity index is 1030. The Kier molecular flexibility index (Phi) is 4.61. The third kappa shape index (κ3) is 3.43. The minimum absolute atomic E-state index is 0.571. The summed E-state index contributed by atoms with van der Waals surface area (Å²) in [5.41, 5.74) is 2.88. The number of thioether (sulfide) groups is 1. The zero-order valence-electron chi connectivity index (χ0n) is 14.5. The highest BCUT2D eigenvalue weighted by atomic mass is 32.2. The second kappa shape index (κ2) is 7.20. The molecule has 0 atom stereocenters. The van der Waals surface area contributed by atoms with Gasteiger partial charge in [0.1, 0.15) is 0 Å². The molecule has 0 aliphatic carbocycles. The summed E-state index contributed by atoms with van der Waals surface area (Å²) in [4.78, 5) is 12.9. The number of nitrogens with zero attached hydrogens (tertiary/aromatic N) is 7. The first kappa shape index (κ1) is 16.6. The molecule has 0 aliphatic rings. The van der Waals surface area contributed by atoms with Gasteiger partial charge in [-0.1, -0.05) is 16.9 Å². The third-order valence-corrected chi connectivity index (χ3v) is 4.83. The second-order valence-electron chi connectivity index (χ2n) is 5.86. The van der Waals surface area contributed by atoms with Crippen LogP contribution in [-0.4, -0.2) is 40.5 Å². The van der Waals surface area contributed by atoms with Crippen molar-refractivity contribution in [1.29, 1.82) is 0 Å². The lowest BCUT2D eigenvalue weighted by molar-refractivity contribution is 0.378. The van der Waals surface area contributed by atoms with Crippen molar-refractivity contribution in [2.45, 2.75) is 31.8 Å². The van der Waals surface area contributed by atoms with Gasteiger partial charge < -0.3 is 4.52 Å². The van der Waals surface area contributed by atoms with Crippen LogP contribution in [0.2, 0.25) is 0 Å². The summed E-state index contributed by atoms with van der Waals surface area (Å²) < 4.78 is 7.29. The topological polar surface area (TPSA) is 94.9 Å². The van der Waals surface area contributed by atoms with E-state index < -0.39 is 0 Å². The van der Waals surface area contributed by atoms with Crippen LogP contribution in [0.4, 0.5) is 0 Å². The summed E-state index contributed by atoms with van der Waals surface area (Å²) in [6, 6.07) is 5.79. The number of aromatic nitrogens is 7. The molecule has 0 amide bonds. The van der Waals surface area contributed by atoms with Gasteiger partial charge in [0, 0.05) is 41.5 Å². The molecule has 9 heteroatoms. The van der Waals surface area contributed by atoms with Crippen LogP contribution in [0.25, 0.3) is 17.2 Å². The molecule has 0 fully saturated rings. The van der Waals surface area contributed by atoms with Crippen molar-refractivity contribution in [1.82, 2.24) is 34.7 Å². The van der Waals surface area contributed by atoms with E-state index in [1.807, 2.05) is 36.4 Å². The molecule has 0 N–H and O–H groups in total. The first-order valence-electron chi connectivity index (χ1n) is 8.26. The van der Waals surface area contributed by atoms with Gasteiger partial charge in [0.25, 0.3) is 5.78 Å². The maximum absolute atomic E-state index is 5.32. The fraction of sp³-hybridized carbons (Fsp3) is 0.294. The van der Waals surface area contributed by atoms with Crippen molar-refractivity contribution in [3.05, 3.63) is 47.9 Å². The van der Waals surface area contributed by atoms with Gasteiger partial charge in [-0.05, 0) is 38.5 Å². The predicted molar refractivity (Wildman–Crippen MR) is 96.8 cm³/mol.